The van der Waals surface area contributed by atoms with Gasteiger partial charge < -0.3 is 31.1 Å². The number of rotatable bonds is 15. The van der Waals surface area contributed by atoms with E-state index in [2.05, 4.69) is 47.6 Å². The monoisotopic (exact) mass is 776 g/mol. The minimum atomic E-state index is -1.19. The highest BCUT2D eigenvalue weighted by molar-refractivity contribution is 6.38. The molecule has 4 rings (SSSR count). The number of Topliss-reactive ketones (excluding diaryl/α,β-unsaturated/α-hetero) is 1. The van der Waals surface area contributed by atoms with Crippen LogP contribution in [0.1, 0.15) is 113 Å². The summed E-state index contributed by atoms with van der Waals surface area (Å²) in [4.78, 5) is 97.8. The number of terminal acetylenes is 1. The lowest BCUT2D eigenvalue weighted by Crippen LogP contribution is -2.63. The van der Waals surface area contributed by atoms with E-state index in [4.69, 9.17) is 6.42 Å². The Bertz CT molecular complexity index is 1810. The Morgan fingerprint density at radius 1 is 0.982 bits per heavy atom. The number of likely N-dealkylation sites (N-methyl/N-ethyl adjacent to an activating group) is 1. The molecule has 56 heavy (non-hydrogen) atoms. The smallest absolute Gasteiger partial charge is 0.315 e. The number of hydrogen-bond donors (Lipinski definition) is 4. The van der Waals surface area contributed by atoms with Crippen molar-refractivity contribution < 1.29 is 24.0 Å². The van der Waals surface area contributed by atoms with Crippen molar-refractivity contribution in [1.29, 1.82) is 0 Å². The van der Waals surface area contributed by atoms with E-state index in [1.54, 1.807) is 16.8 Å². The van der Waals surface area contributed by atoms with Crippen LogP contribution in [0.5, 0.6) is 0 Å². The number of nitrogens with zero attached hydrogens (tertiary/aromatic N) is 2. The number of carbonyl (C=O) groups excluding carboxylic acids is 5. The number of piperidine rings is 1. The molecule has 5 amide bonds. The molecular formula is C43H64N6O7. The van der Waals surface area contributed by atoms with E-state index in [0.29, 0.717) is 30.6 Å². The zero-order valence-corrected chi connectivity index (χ0v) is 35.1. The number of fused-ring (bicyclic) bond motifs is 1. The zero-order valence-electron chi connectivity index (χ0n) is 35.1. The molecule has 308 valence electrons. The Labute approximate surface area is 332 Å². The molecule has 3 fully saturated rings. The maximum atomic E-state index is 14.9. The van der Waals surface area contributed by atoms with Crippen LogP contribution in [0.4, 0.5) is 10.5 Å². The van der Waals surface area contributed by atoms with Crippen molar-refractivity contribution >= 4 is 35.2 Å². The third kappa shape index (κ3) is 9.05. The van der Waals surface area contributed by atoms with Gasteiger partial charge in [-0.3, -0.25) is 28.8 Å². The molecule has 4 N–H and O–H groups in total. The first kappa shape index (κ1) is 44.2. The van der Waals surface area contributed by atoms with Crippen LogP contribution in [-0.4, -0.2) is 85.3 Å². The van der Waals surface area contributed by atoms with E-state index >= 15 is 0 Å². The molecule has 3 aliphatic rings. The van der Waals surface area contributed by atoms with E-state index in [1.165, 1.54) is 6.08 Å². The molecular weight excluding hydrogens is 713 g/mol. The van der Waals surface area contributed by atoms with Crippen molar-refractivity contribution in [2.75, 3.05) is 31.6 Å². The van der Waals surface area contributed by atoms with Crippen molar-refractivity contribution in [2.24, 2.45) is 28.1 Å². The first-order valence-electron chi connectivity index (χ1n) is 20.0. The van der Waals surface area contributed by atoms with Crippen LogP contribution in [0.15, 0.2) is 22.2 Å². The van der Waals surface area contributed by atoms with Gasteiger partial charge in [0.05, 0.1) is 17.8 Å². The average molecular weight is 777 g/mol. The molecule has 1 aromatic rings. The van der Waals surface area contributed by atoms with Crippen molar-refractivity contribution in [2.45, 2.75) is 137 Å². The van der Waals surface area contributed by atoms with Gasteiger partial charge in [0.1, 0.15) is 12.1 Å². The van der Waals surface area contributed by atoms with E-state index in [9.17, 15) is 33.6 Å². The molecule has 1 saturated heterocycles. The van der Waals surface area contributed by atoms with Gasteiger partial charge in [-0.15, -0.1) is 18.9 Å². The van der Waals surface area contributed by atoms with E-state index < -0.39 is 74.9 Å². The number of urea groups is 1. The summed E-state index contributed by atoms with van der Waals surface area (Å²) in [6.07, 6.45) is 11.3. The summed E-state index contributed by atoms with van der Waals surface area (Å²) in [6.45, 7) is 21.9. The van der Waals surface area contributed by atoms with Gasteiger partial charge >= 0.3 is 6.03 Å². The number of likely N-dealkylation sites (tertiary alicyclic amines) is 1. The zero-order chi connectivity index (χ0) is 42.1. The van der Waals surface area contributed by atoms with Gasteiger partial charge in [0.15, 0.2) is 0 Å². The first-order chi connectivity index (χ1) is 25.9. The molecule has 1 heterocycles. The van der Waals surface area contributed by atoms with Crippen molar-refractivity contribution in [3.63, 3.8) is 0 Å². The van der Waals surface area contributed by atoms with Crippen LogP contribution in [0.25, 0.3) is 0 Å². The molecule has 0 bridgehead atoms. The van der Waals surface area contributed by atoms with Crippen LogP contribution < -0.4 is 37.0 Å². The Morgan fingerprint density at radius 2 is 1.61 bits per heavy atom. The van der Waals surface area contributed by atoms with Gasteiger partial charge in [-0.1, -0.05) is 87.7 Å². The Hall–Kier alpha value is -4.47. The second kappa shape index (κ2) is 16.6. The molecule has 2 unspecified atom stereocenters. The van der Waals surface area contributed by atoms with Crippen LogP contribution in [0.2, 0.25) is 0 Å². The van der Waals surface area contributed by atoms with Crippen LogP contribution in [0.3, 0.4) is 0 Å². The molecule has 6 atom stereocenters. The van der Waals surface area contributed by atoms with Crippen molar-refractivity contribution in [1.82, 2.24) is 26.2 Å². The lowest BCUT2D eigenvalue weighted by molar-refractivity contribution is -0.146. The van der Waals surface area contributed by atoms with Crippen LogP contribution in [0, 0.1) is 40.4 Å². The summed E-state index contributed by atoms with van der Waals surface area (Å²) in [5.74, 6) is -0.294. The highest BCUT2D eigenvalue weighted by Gasteiger charge is 2.70. The summed E-state index contributed by atoms with van der Waals surface area (Å²) in [7, 11) is 1.74. The Morgan fingerprint density at radius 3 is 2.16 bits per heavy atom. The molecule has 0 spiro atoms. The van der Waals surface area contributed by atoms with Gasteiger partial charge in [-0.25, -0.2) is 4.79 Å². The van der Waals surface area contributed by atoms with Gasteiger partial charge in [0.25, 0.3) is 5.91 Å². The molecule has 0 radical (unpaired) electrons. The lowest BCUT2D eigenvalue weighted by Gasteiger charge is -2.43. The van der Waals surface area contributed by atoms with Crippen molar-refractivity contribution in [3.05, 3.63) is 38.7 Å². The van der Waals surface area contributed by atoms with Crippen LogP contribution in [-0.2, 0) is 24.6 Å². The fourth-order valence-corrected chi connectivity index (χ4v) is 9.00. The number of anilines is 1. The second-order valence-electron chi connectivity index (χ2n) is 19.3. The van der Waals surface area contributed by atoms with Gasteiger partial charge in [-0.2, -0.15) is 0 Å². The molecule has 2 saturated carbocycles. The predicted molar refractivity (Wildman–Crippen MR) is 218 cm³/mol. The lowest BCUT2D eigenvalue weighted by atomic mass is 9.70. The predicted octanol–water partition coefficient (Wildman–Crippen LogP) is 3.32. The third-order valence-corrected chi connectivity index (χ3v) is 12.6. The number of ketones is 1. The molecule has 13 heteroatoms. The summed E-state index contributed by atoms with van der Waals surface area (Å²) in [5, 5.41) is 11.4. The topological polar surface area (TPSA) is 174 Å². The summed E-state index contributed by atoms with van der Waals surface area (Å²) < 4.78 is 0. The Kier molecular flexibility index (Phi) is 13.1. The number of hydrogen-bond acceptors (Lipinski definition) is 8. The summed E-state index contributed by atoms with van der Waals surface area (Å²) >= 11 is 0. The molecule has 1 aromatic carbocycles. The van der Waals surface area contributed by atoms with Gasteiger partial charge in [0, 0.05) is 38.7 Å². The van der Waals surface area contributed by atoms with Gasteiger partial charge in [0.2, 0.25) is 28.5 Å². The van der Waals surface area contributed by atoms with Crippen LogP contribution >= 0.6 is 0 Å². The minimum Gasteiger partial charge on any atom is -0.369 e. The third-order valence-electron chi connectivity index (χ3n) is 12.6. The highest BCUT2D eigenvalue weighted by Crippen LogP contribution is 2.65. The largest absolute Gasteiger partial charge is 0.369 e. The SMILES string of the molecule is C#CCCC(NC(=O)[C@@H]1[C@@H]2C(CN1C(=O)[C@@H](NC(=O)N[C@H](CN(C)c1c(C(C)(C)C)c(=O)c1=O)C(C)(C)C)C1(C)CCCCC1)C2(C)C)C(=O)C(=O)NCC=C. The molecule has 1 aliphatic heterocycles. The quantitative estimate of drug-likeness (QED) is 0.119. The molecule has 2 aliphatic carbocycles. The maximum absolute atomic E-state index is 14.9. The minimum absolute atomic E-state index is 0.0285. The number of amides is 5. The summed E-state index contributed by atoms with van der Waals surface area (Å²) in [6, 6.07) is -4.14. The standard InChI is InChI=1S/C43H64N6O7/c1-13-15-19-26(32(50)37(54)44-22-14-2)45-36(53)31-28-25(42(28,9)10)23-49(31)38(55)35(43(11)20-17-16-18-21-43)47-39(56)46-27(40(3,4)5)24-48(12)30-29(41(6,7)8)33(51)34(30)52/h1,14,25-28,31,35H,2,15-24H2,3-12H3,(H,44,54)(H,45,53)(H2,46,47,56)/t25?,26?,27-,28+,31+,35-/m1/s1. The van der Waals surface area contributed by atoms with E-state index in [-0.39, 0.29) is 49.1 Å². The second-order valence-corrected chi connectivity index (χ2v) is 19.3. The average Bonchev–Trinajstić information content (AvgIpc) is 3.41. The number of nitrogens with one attached hydrogen (secondary N) is 4. The normalized spacial score (nSPS) is 22.7. The maximum Gasteiger partial charge on any atom is 0.315 e. The fraction of sp³-hybridized carbons (Fsp3) is 0.698. The Balaban J connectivity index is 1.61. The van der Waals surface area contributed by atoms with Gasteiger partial charge in [-0.05, 0) is 52.8 Å². The molecule has 0 aromatic heterocycles. The summed E-state index contributed by atoms with van der Waals surface area (Å²) in [5.41, 5.74) is -2.08. The highest BCUT2D eigenvalue weighted by atomic mass is 16.2. The van der Waals surface area contributed by atoms with E-state index in [0.717, 1.165) is 19.3 Å². The molecule has 13 nitrogen and oxygen atoms in total. The fourth-order valence-electron chi connectivity index (χ4n) is 9.00. The number of carbonyl (C=O) groups is 5. The first-order valence-corrected chi connectivity index (χ1v) is 20.0. The van der Waals surface area contributed by atoms with Crippen molar-refractivity contribution in [3.8, 4) is 12.3 Å². The van der Waals surface area contributed by atoms with E-state index in [1.807, 2.05) is 48.5 Å².